The van der Waals surface area contributed by atoms with E-state index in [2.05, 4.69) is 5.32 Å². The van der Waals surface area contributed by atoms with E-state index in [1.807, 2.05) is 30.3 Å². The minimum absolute atomic E-state index is 0.217. The molecule has 0 amide bonds. The average Bonchev–Trinajstić information content (AvgIpc) is 3.21. The van der Waals surface area contributed by atoms with E-state index < -0.39 is 0 Å². The van der Waals surface area contributed by atoms with Crippen LogP contribution in [0, 0.1) is 5.82 Å². The fraction of sp³-hybridized carbons (Fsp3) is 0.250. The topological polar surface area (TPSA) is 12.0 Å². The molecule has 19 heavy (non-hydrogen) atoms. The van der Waals surface area contributed by atoms with Crippen molar-refractivity contribution < 1.29 is 4.39 Å². The zero-order chi connectivity index (χ0) is 13.2. The first-order valence-corrected chi connectivity index (χ1v) is 6.88. The number of halogens is 2. The van der Waals surface area contributed by atoms with Crippen molar-refractivity contribution >= 4 is 11.6 Å². The molecule has 1 aliphatic rings. The number of benzene rings is 2. The van der Waals surface area contributed by atoms with Gasteiger partial charge >= 0.3 is 0 Å². The van der Waals surface area contributed by atoms with Crippen molar-refractivity contribution in [3.63, 3.8) is 0 Å². The molecule has 1 fully saturated rings. The van der Waals surface area contributed by atoms with Crippen LogP contribution in [-0.4, -0.2) is 6.04 Å². The molecule has 0 radical (unpaired) electrons. The molecule has 0 unspecified atom stereocenters. The van der Waals surface area contributed by atoms with Crippen LogP contribution in [0.2, 0.25) is 5.02 Å². The van der Waals surface area contributed by atoms with Gasteiger partial charge in [-0.3, -0.25) is 0 Å². The third-order valence-corrected chi connectivity index (χ3v) is 3.60. The Morgan fingerprint density at radius 1 is 1.16 bits per heavy atom. The van der Waals surface area contributed by atoms with Gasteiger partial charge in [-0.15, -0.1) is 0 Å². The second-order valence-electron chi connectivity index (χ2n) is 4.97. The predicted molar refractivity (Wildman–Crippen MR) is 76.7 cm³/mol. The standard InChI is InChI=1S/C16H15ClFN/c17-13-3-1-2-11(8-13)16-9-14(18)5-4-12(16)10-19-15-6-7-15/h1-5,8-9,15,19H,6-7,10H2. The third kappa shape index (κ3) is 3.14. The van der Waals surface area contributed by atoms with Crippen LogP contribution >= 0.6 is 11.6 Å². The van der Waals surface area contributed by atoms with Gasteiger partial charge in [0.05, 0.1) is 0 Å². The van der Waals surface area contributed by atoms with Crippen molar-refractivity contribution in [3.8, 4) is 11.1 Å². The van der Waals surface area contributed by atoms with Crippen molar-refractivity contribution in [2.45, 2.75) is 25.4 Å². The van der Waals surface area contributed by atoms with E-state index in [9.17, 15) is 4.39 Å². The predicted octanol–water partition coefficient (Wildman–Crippen LogP) is 4.40. The van der Waals surface area contributed by atoms with Crippen LogP contribution in [0.5, 0.6) is 0 Å². The molecular weight excluding hydrogens is 261 g/mol. The van der Waals surface area contributed by atoms with Crippen molar-refractivity contribution in [1.82, 2.24) is 5.32 Å². The molecule has 2 aromatic carbocycles. The van der Waals surface area contributed by atoms with Crippen molar-refractivity contribution in [1.29, 1.82) is 0 Å². The number of rotatable bonds is 4. The first-order chi connectivity index (χ1) is 9.22. The molecule has 1 aliphatic carbocycles. The van der Waals surface area contributed by atoms with E-state index in [0.29, 0.717) is 11.1 Å². The molecule has 0 aliphatic heterocycles. The van der Waals surface area contributed by atoms with Crippen LogP contribution in [0.3, 0.4) is 0 Å². The molecular formula is C16H15ClFN. The summed E-state index contributed by atoms with van der Waals surface area (Å²) in [7, 11) is 0. The van der Waals surface area contributed by atoms with E-state index in [4.69, 9.17) is 11.6 Å². The van der Waals surface area contributed by atoms with Crippen LogP contribution in [0.25, 0.3) is 11.1 Å². The molecule has 0 saturated heterocycles. The lowest BCUT2D eigenvalue weighted by molar-refractivity contribution is 0.625. The maximum atomic E-state index is 13.5. The lowest BCUT2D eigenvalue weighted by Gasteiger charge is -2.11. The fourth-order valence-electron chi connectivity index (χ4n) is 2.17. The second kappa shape index (κ2) is 5.32. The van der Waals surface area contributed by atoms with Gasteiger partial charge in [0.15, 0.2) is 0 Å². The quantitative estimate of drug-likeness (QED) is 0.872. The molecule has 0 heterocycles. The second-order valence-corrected chi connectivity index (χ2v) is 5.40. The van der Waals surface area contributed by atoms with Crippen molar-refractivity contribution in [2.75, 3.05) is 0 Å². The summed E-state index contributed by atoms with van der Waals surface area (Å²) in [4.78, 5) is 0. The molecule has 0 bridgehead atoms. The third-order valence-electron chi connectivity index (χ3n) is 3.37. The van der Waals surface area contributed by atoms with Gasteiger partial charge in [0.2, 0.25) is 0 Å². The lowest BCUT2D eigenvalue weighted by atomic mass is 9.99. The molecule has 0 aromatic heterocycles. The maximum absolute atomic E-state index is 13.5. The fourth-order valence-corrected chi connectivity index (χ4v) is 2.36. The number of nitrogens with one attached hydrogen (secondary N) is 1. The zero-order valence-corrected chi connectivity index (χ0v) is 11.3. The van der Waals surface area contributed by atoms with Crippen molar-refractivity contribution in [2.24, 2.45) is 0 Å². The van der Waals surface area contributed by atoms with Crippen LogP contribution < -0.4 is 5.32 Å². The Labute approximate surface area is 117 Å². The number of hydrogen-bond donors (Lipinski definition) is 1. The SMILES string of the molecule is Fc1ccc(CNC2CC2)c(-c2cccc(Cl)c2)c1. The summed E-state index contributed by atoms with van der Waals surface area (Å²) in [6.07, 6.45) is 2.49. The van der Waals surface area contributed by atoms with Gasteiger partial charge in [0.1, 0.15) is 5.82 Å². The van der Waals surface area contributed by atoms with E-state index >= 15 is 0 Å². The maximum Gasteiger partial charge on any atom is 0.123 e. The highest BCUT2D eigenvalue weighted by atomic mass is 35.5. The van der Waals surface area contributed by atoms with Crippen LogP contribution in [0.1, 0.15) is 18.4 Å². The van der Waals surface area contributed by atoms with Gasteiger partial charge in [-0.05, 0) is 53.8 Å². The van der Waals surface area contributed by atoms with E-state index in [-0.39, 0.29) is 5.82 Å². The lowest BCUT2D eigenvalue weighted by Crippen LogP contribution is -2.15. The smallest absolute Gasteiger partial charge is 0.123 e. The Morgan fingerprint density at radius 3 is 2.74 bits per heavy atom. The molecule has 3 rings (SSSR count). The van der Waals surface area contributed by atoms with Gasteiger partial charge in [0.25, 0.3) is 0 Å². The molecule has 2 aromatic rings. The highest BCUT2D eigenvalue weighted by molar-refractivity contribution is 6.30. The summed E-state index contributed by atoms with van der Waals surface area (Å²) >= 11 is 6.02. The zero-order valence-electron chi connectivity index (χ0n) is 10.5. The Hall–Kier alpha value is -1.38. The molecule has 1 N–H and O–H groups in total. The molecule has 3 heteroatoms. The largest absolute Gasteiger partial charge is 0.310 e. The monoisotopic (exact) mass is 275 g/mol. The minimum Gasteiger partial charge on any atom is -0.310 e. The minimum atomic E-state index is -0.217. The van der Waals surface area contributed by atoms with Crippen molar-refractivity contribution in [3.05, 3.63) is 58.9 Å². The van der Waals surface area contributed by atoms with E-state index in [1.54, 1.807) is 6.07 Å². The van der Waals surface area contributed by atoms with Gasteiger partial charge in [0, 0.05) is 17.6 Å². The first kappa shape index (κ1) is 12.6. The molecule has 1 saturated carbocycles. The highest BCUT2D eigenvalue weighted by Gasteiger charge is 2.20. The van der Waals surface area contributed by atoms with E-state index in [1.165, 1.54) is 18.9 Å². The van der Waals surface area contributed by atoms with Crippen LogP contribution in [0.4, 0.5) is 4.39 Å². The normalized spacial score (nSPS) is 14.6. The number of hydrogen-bond acceptors (Lipinski definition) is 1. The summed E-state index contributed by atoms with van der Waals surface area (Å²) in [5.41, 5.74) is 2.98. The summed E-state index contributed by atoms with van der Waals surface area (Å²) in [5, 5.41) is 4.13. The molecule has 0 atom stereocenters. The summed E-state index contributed by atoms with van der Waals surface area (Å²) in [5.74, 6) is -0.217. The molecule has 98 valence electrons. The Balaban J connectivity index is 1.94. The average molecular weight is 276 g/mol. The summed E-state index contributed by atoms with van der Waals surface area (Å²) in [6, 6.07) is 13.1. The van der Waals surface area contributed by atoms with Crippen LogP contribution in [-0.2, 0) is 6.54 Å². The molecule has 1 nitrogen and oxygen atoms in total. The summed E-state index contributed by atoms with van der Waals surface area (Å²) < 4.78 is 13.5. The van der Waals surface area contributed by atoms with Crippen LogP contribution in [0.15, 0.2) is 42.5 Å². The molecule has 0 spiro atoms. The first-order valence-electron chi connectivity index (χ1n) is 6.50. The summed E-state index contributed by atoms with van der Waals surface area (Å²) in [6.45, 7) is 0.771. The Morgan fingerprint density at radius 2 is 2.00 bits per heavy atom. The highest BCUT2D eigenvalue weighted by Crippen LogP contribution is 2.28. The van der Waals surface area contributed by atoms with Gasteiger partial charge in [-0.25, -0.2) is 4.39 Å². The van der Waals surface area contributed by atoms with Gasteiger partial charge in [-0.2, -0.15) is 0 Å². The Bertz CT molecular complexity index is 593. The van der Waals surface area contributed by atoms with E-state index in [0.717, 1.165) is 23.2 Å². The Kier molecular flexibility index (Phi) is 3.54. The van der Waals surface area contributed by atoms with Gasteiger partial charge in [-0.1, -0.05) is 29.8 Å². The van der Waals surface area contributed by atoms with Gasteiger partial charge < -0.3 is 5.32 Å².